The molecule has 1 aromatic rings. The summed E-state index contributed by atoms with van der Waals surface area (Å²) in [5.74, 6) is 2.00. The maximum absolute atomic E-state index is 5.92. The van der Waals surface area contributed by atoms with Gasteiger partial charge in [-0.15, -0.1) is 0 Å². The third-order valence-electron chi connectivity index (χ3n) is 3.29. The highest BCUT2D eigenvalue weighted by Crippen LogP contribution is 2.39. The summed E-state index contributed by atoms with van der Waals surface area (Å²) in [6, 6.07) is 0. The van der Waals surface area contributed by atoms with E-state index in [-0.39, 0.29) is 0 Å². The Labute approximate surface area is 107 Å². The highest BCUT2D eigenvalue weighted by molar-refractivity contribution is 5.53. The second-order valence-electron chi connectivity index (χ2n) is 4.55. The Morgan fingerprint density at radius 1 is 1.33 bits per heavy atom. The van der Waals surface area contributed by atoms with Crippen LogP contribution in [0.25, 0.3) is 0 Å². The lowest BCUT2D eigenvalue weighted by molar-refractivity contribution is 0.402. The maximum Gasteiger partial charge on any atom is 0.225 e. The number of rotatable bonds is 5. The molecule has 6 nitrogen and oxygen atoms in total. The van der Waals surface area contributed by atoms with Crippen LogP contribution >= 0.6 is 0 Å². The quantitative estimate of drug-likeness (QED) is 0.724. The van der Waals surface area contributed by atoms with Gasteiger partial charge in [0, 0.05) is 19.0 Å². The molecule has 0 amide bonds. The summed E-state index contributed by atoms with van der Waals surface area (Å²) in [6.07, 6.45) is 4.76. The fourth-order valence-electron chi connectivity index (χ4n) is 2.43. The van der Waals surface area contributed by atoms with E-state index in [1.807, 2.05) is 0 Å². The van der Waals surface area contributed by atoms with Gasteiger partial charge in [-0.1, -0.05) is 12.8 Å². The number of nitrogens with zero attached hydrogens (tertiary/aromatic N) is 2. The smallest absolute Gasteiger partial charge is 0.225 e. The minimum absolute atomic E-state index is 0.397. The van der Waals surface area contributed by atoms with Gasteiger partial charge in [-0.25, -0.2) is 4.98 Å². The fraction of sp³-hybridized carbons (Fsp3) is 0.667. The van der Waals surface area contributed by atoms with Crippen LogP contribution in [0.15, 0.2) is 0 Å². The normalized spacial score (nSPS) is 15.9. The first-order chi connectivity index (χ1) is 8.76. The molecule has 1 heterocycles. The first kappa shape index (κ1) is 12.9. The Morgan fingerprint density at radius 2 is 2.06 bits per heavy atom. The molecule has 1 fully saturated rings. The van der Waals surface area contributed by atoms with Gasteiger partial charge >= 0.3 is 0 Å². The molecule has 1 aliphatic carbocycles. The lowest BCUT2D eigenvalue weighted by Crippen LogP contribution is -2.17. The Kier molecular flexibility index (Phi) is 4.19. The molecule has 5 N–H and O–H groups in total. The summed E-state index contributed by atoms with van der Waals surface area (Å²) in [7, 11) is 1.61. The van der Waals surface area contributed by atoms with Crippen molar-refractivity contribution in [2.24, 2.45) is 5.73 Å². The molecule has 6 heteroatoms. The number of hydrogen-bond donors (Lipinski definition) is 3. The van der Waals surface area contributed by atoms with Crippen molar-refractivity contribution in [2.45, 2.75) is 31.6 Å². The first-order valence-corrected chi connectivity index (χ1v) is 6.41. The third-order valence-corrected chi connectivity index (χ3v) is 3.29. The average molecular weight is 251 g/mol. The molecular weight excluding hydrogens is 230 g/mol. The summed E-state index contributed by atoms with van der Waals surface area (Å²) < 4.78 is 5.35. The molecule has 2 rings (SSSR count). The molecule has 1 aliphatic rings. The van der Waals surface area contributed by atoms with Crippen LogP contribution in [0.1, 0.15) is 37.3 Å². The molecule has 100 valence electrons. The van der Waals surface area contributed by atoms with Crippen LogP contribution in [-0.4, -0.2) is 30.2 Å². The van der Waals surface area contributed by atoms with Crippen molar-refractivity contribution >= 4 is 11.8 Å². The molecule has 0 radical (unpaired) electrons. The predicted molar refractivity (Wildman–Crippen MR) is 71.7 cm³/mol. The van der Waals surface area contributed by atoms with E-state index in [1.165, 1.54) is 12.8 Å². The molecule has 0 spiro atoms. The number of anilines is 2. The van der Waals surface area contributed by atoms with Crippen LogP contribution in [0.5, 0.6) is 5.75 Å². The highest BCUT2D eigenvalue weighted by atomic mass is 16.5. The fourth-order valence-corrected chi connectivity index (χ4v) is 2.43. The molecule has 0 atom stereocenters. The SMILES string of the molecule is COc1c(N)nc(NCCN)nc1C1CCCC1. The molecule has 0 aliphatic heterocycles. The van der Waals surface area contributed by atoms with Crippen LogP contribution in [0.3, 0.4) is 0 Å². The predicted octanol–water partition coefficient (Wildman–Crippen LogP) is 1.10. The Morgan fingerprint density at radius 3 is 2.67 bits per heavy atom. The molecule has 1 aromatic heterocycles. The zero-order chi connectivity index (χ0) is 13.0. The lowest BCUT2D eigenvalue weighted by Gasteiger charge is -2.16. The van der Waals surface area contributed by atoms with Crippen LogP contribution < -0.4 is 21.5 Å². The van der Waals surface area contributed by atoms with Crippen molar-refractivity contribution in [3.63, 3.8) is 0 Å². The number of ether oxygens (including phenoxy) is 1. The van der Waals surface area contributed by atoms with Crippen molar-refractivity contribution in [1.82, 2.24) is 9.97 Å². The van der Waals surface area contributed by atoms with E-state index in [1.54, 1.807) is 7.11 Å². The third kappa shape index (κ3) is 2.64. The monoisotopic (exact) mass is 251 g/mol. The molecule has 0 unspecified atom stereocenters. The van der Waals surface area contributed by atoms with Crippen molar-refractivity contribution in [2.75, 3.05) is 31.2 Å². The number of nitrogen functional groups attached to an aromatic ring is 1. The number of nitrogens with one attached hydrogen (secondary N) is 1. The summed E-state index contributed by atoms with van der Waals surface area (Å²) >= 11 is 0. The number of hydrogen-bond acceptors (Lipinski definition) is 6. The topological polar surface area (TPSA) is 99.1 Å². The molecule has 0 saturated heterocycles. The van der Waals surface area contributed by atoms with E-state index < -0.39 is 0 Å². The van der Waals surface area contributed by atoms with Gasteiger partial charge in [0.05, 0.1) is 12.8 Å². The van der Waals surface area contributed by atoms with Crippen molar-refractivity contribution in [3.05, 3.63) is 5.69 Å². The van der Waals surface area contributed by atoms with Crippen molar-refractivity contribution < 1.29 is 4.74 Å². The summed E-state index contributed by atoms with van der Waals surface area (Å²) in [6.45, 7) is 1.17. The van der Waals surface area contributed by atoms with E-state index in [0.717, 1.165) is 18.5 Å². The lowest BCUT2D eigenvalue weighted by atomic mass is 10.0. The molecule has 0 bridgehead atoms. The largest absolute Gasteiger partial charge is 0.491 e. The first-order valence-electron chi connectivity index (χ1n) is 6.41. The highest BCUT2D eigenvalue weighted by Gasteiger charge is 2.24. The van der Waals surface area contributed by atoms with Gasteiger partial charge in [0.2, 0.25) is 5.95 Å². The van der Waals surface area contributed by atoms with Gasteiger partial charge in [-0.05, 0) is 12.8 Å². The number of nitrogens with two attached hydrogens (primary N) is 2. The second-order valence-corrected chi connectivity index (χ2v) is 4.55. The van der Waals surface area contributed by atoms with Crippen molar-refractivity contribution in [3.8, 4) is 5.75 Å². The second kappa shape index (κ2) is 5.86. The maximum atomic E-state index is 5.92. The zero-order valence-corrected chi connectivity index (χ0v) is 10.8. The molecule has 18 heavy (non-hydrogen) atoms. The van der Waals surface area contributed by atoms with Gasteiger partial charge in [0.1, 0.15) is 0 Å². The van der Waals surface area contributed by atoms with Crippen LogP contribution in [0.2, 0.25) is 0 Å². The van der Waals surface area contributed by atoms with Crippen LogP contribution in [0.4, 0.5) is 11.8 Å². The van der Waals surface area contributed by atoms with E-state index in [9.17, 15) is 0 Å². The van der Waals surface area contributed by atoms with E-state index >= 15 is 0 Å². The summed E-state index contributed by atoms with van der Waals surface area (Å²) in [4.78, 5) is 8.73. The van der Waals surface area contributed by atoms with Gasteiger partial charge in [0.15, 0.2) is 11.6 Å². The van der Waals surface area contributed by atoms with Gasteiger partial charge < -0.3 is 21.5 Å². The minimum atomic E-state index is 0.397. The number of aromatic nitrogens is 2. The molecule has 0 aromatic carbocycles. The zero-order valence-electron chi connectivity index (χ0n) is 10.8. The number of methoxy groups -OCH3 is 1. The van der Waals surface area contributed by atoms with Gasteiger partial charge in [-0.3, -0.25) is 0 Å². The average Bonchev–Trinajstić information content (AvgIpc) is 2.89. The van der Waals surface area contributed by atoms with Gasteiger partial charge in [0.25, 0.3) is 0 Å². The minimum Gasteiger partial charge on any atom is -0.491 e. The van der Waals surface area contributed by atoms with Crippen molar-refractivity contribution in [1.29, 1.82) is 0 Å². The van der Waals surface area contributed by atoms with Crippen LogP contribution in [0, 0.1) is 0 Å². The Balaban J connectivity index is 2.30. The van der Waals surface area contributed by atoms with E-state index in [0.29, 0.717) is 36.5 Å². The Bertz CT molecular complexity index is 404. The molecular formula is C12H21N5O. The molecule has 1 saturated carbocycles. The summed E-state index contributed by atoms with van der Waals surface area (Å²) in [5, 5.41) is 3.07. The summed E-state index contributed by atoms with van der Waals surface area (Å²) in [5.41, 5.74) is 12.3. The Hall–Kier alpha value is -1.56. The van der Waals surface area contributed by atoms with E-state index in [4.69, 9.17) is 16.2 Å². The van der Waals surface area contributed by atoms with Crippen LogP contribution in [-0.2, 0) is 0 Å². The van der Waals surface area contributed by atoms with Gasteiger partial charge in [-0.2, -0.15) is 4.98 Å². The van der Waals surface area contributed by atoms with E-state index in [2.05, 4.69) is 15.3 Å². The standard InChI is InChI=1S/C12H21N5O/c1-18-10-9(8-4-2-3-5-8)16-12(15-7-6-13)17-11(10)14/h8H,2-7,13H2,1H3,(H3,14,15,16,17).